The fraction of sp³-hybridized carbons (Fsp3) is 0.529. The van der Waals surface area contributed by atoms with E-state index in [4.69, 9.17) is 4.74 Å². The molecule has 1 aliphatic rings. The van der Waals surface area contributed by atoms with Gasteiger partial charge in [-0.25, -0.2) is 0 Å². The summed E-state index contributed by atoms with van der Waals surface area (Å²) in [5.41, 5.74) is -0.529. The molecule has 7 heteroatoms. The number of alkyl halides is 3. The monoisotopic (exact) mass is 343 g/mol. The third-order valence-corrected chi connectivity index (χ3v) is 4.16. The summed E-state index contributed by atoms with van der Waals surface area (Å²) in [5.74, 6) is -0.656. The van der Waals surface area contributed by atoms with Crippen LogP contribution in [0.1, 0.15) is 35.2 Å². The van der Waals surface area contributed by atoms with Crippen LogP contribution in [-0.2, 0) is 15.7 Å². The van der Waals surface area contributed by atoms with Crippen LogP contribution in [0.4, 0.5) is 13.2 Å². The third-order valence-electron chi connectivity index (χ3n) is 4.16. The number of piperidine rings is 1. The van der Waals surface area contributed by atoms with Crippen molar-refractivity contribution in [2.75, 3.05) is 26.8 Å². The van der Waals surface area contributed by atoms with Crippen molar-refractivity contribution in [1.82, 2.24) is 4.90 Å². The Bertz CT molecular complexity index is 584. The summed E-state index contributed by atoms with van der Waals surface area (Å²) in [6.45, 7) is 1.23. The Labute approximate surface area is 138 Å². The minimum absolute atomic E-state index is 0.0678. The highest BCUT2D eigenvalue weighted by atomic mass is 19.4. The summed E-state index contributed by atoms with van der Waals surface area (Å²) < 4.78 is 42.6. The van der Waals surface area contributed by atoms with Crippen molar-refractivity contribution in [3.05, 3.63) is 35.4 Å². The topological polar surface area (TPSA) is 46.6 Å². The predicted molar refractivity (Wildman–Crippen MR) is 81.6 cm³/mol. The van der Waals surface area contributed by atoms with E-state index in [0.29, 0.717) is 32.5 Å². The van der Waals surface area contributed by atoms with Gasteiger partial charge in [0.15, 0.2) is 5.78 Å². The van der Waals surface area contributed by atoms with Crippen LogP contribution in [0.15, 0.2) is 24.3 Å². The van der Waals surface area contributed by atoms with E-state index < -0.39 is 11.7 Å². The Balaban J connectivity index is 2.02. The zero-order valence-electron chi connectivity index (χ0n) is 13.4. The molecule has 1 saturated heterocycles. The van der Waals surface area contributed by atoms with Gasteiger partial charge in [-0.1, -0.05) is 12.1 Å². The van der Waals surface area contributed by atoms with E-state index >= 15 is 0 Å². The quantitative estimate of drug-likeness (QED) is 0.772. The van der Waals surface area contributed by atoms with Crippen LogP contribution in [0.5, 0.6) is 0 Å². The van der Waals surface area contributed by atoms with E-state index in [9.17, 15) is 22.8 Å². The van der Waals surface area contributed by atoms with E-state index in [2.05, 4.69) is 0 Å². The normalized spacial score (nSPS) is 18.5. The lowest BCUT2D eigenvalue weighted by atomic mass is 9.89. The summed E-state index contributed by atoms with van der Waals surface area (Å²) in [6, 6.07) is 4.24. The Kier molecular flexibility index (Phi) is 5.99. The van der Waals surface area contributed by atoms with Crippen molar-refractivity contribution in [2.24, 2.45) is 5.92 Å². The van der Waals surface area contributed by atoms with E-state index in [1.54, 1.807) is 4.90 Å². The first-order valence-corrected chi connectivity index (χ1v) is 7.81. The number of likely N-dealkylation sites (tertiary alicyclic amines) is 1. The summed E-state index contributed by atoms with van der Waals surface area (Å²) in [5, 5.41) is 0. The molecular weight excluding hydrogens is 323 g/mol. The van der Waals surface area contributed by atoms with Crippen molar-refractivity contribution in [1.29, 1.82) is 0 Å². The van der Waals surface area contributed by atoms with Gasteiger partial charge in [0.05, 0.1) is 18.6 Å². The Morgan fingerprint density at radius 2 is 1.92 bits per heavy atom. The van der Waals surface area contributed by atoms with Crippen LogP contribution >= 0.6 is 0 Å². The second kappa shape index (κ2) is 7.79. The van der Waals surface area contributed by atoms with Crippen LogP contribution < -0.4 is 0 Å². The largest absolute Gasteiger partial charge is 0.416 e. The van der Waals surface area contributed by atoms with Gasteiger partial charge in [-0.2, -0.15) is 13.2 Å². The Hall–Kier alpha value is -1.89. The van der Waals surface area contributed by atoms with Crippen molar-refractivity contribution >= 4 is 11.7 Å². The van der Waals surface area contributed by atoms with Crippen molar-refractivity contribution < 1.29 is 27.5 Å². The molecular formula is C17H20F3NO3. The summed E-state index contributed by atoms with van der Waals surface area (Å²) in [6.07, 6.45) is -2.82. The molecule has 0 aromatic heterocycles. The fourth-order valence-corrected chi connectivity index (χ4v) is 2.82. The molecule has 1 heterocycles. The molecule has 0 unspecified atom stereocenters. The molecule has 0 aliphatic carbocycles. The maximum absolute atomic E-state index is 12.6. The van der Waals surface area contributed by atoms with Crippen molar-refractivity contribution in [3.8, 4) is 0 Å². The Morgan fingerprint density at radius 3 is 2.50 bits per heavy atom. The molecule has 24 heavy (non-hydrogen) atoms. The van der Waals surface area contributed by atoms with Crippen molar-refractivity contribution in [3.63, 3.8) is 0 Å². The molecule has 0 spiro atoms. The second-order valence-corrected chi connectivity index (χ2v) is 5.86. The molecule has 1 aromatic rings. The number of Topliss-reactive ketones (excluding diaryl/α,β-unsaturated/α-hetero) is 1. The molecule has 132 valence electrons. The van der Waals surface area contributed by atoms with Gasteiger partial charge >= 0.3 is 6.18 Å². The number of hydrogen-bond donors (Lipinski definition) is 0. The molecule has 1 atom stereocenters. The van der Waals surface area contributed by atoms with Gasteiger partial charge in [0.25, 0.3) is 0 Å². The predicted octanol–water partition coefficient (Wildman–Crippen LogP) is 3.16. The van der Waals surface area contributed by atoms with E-state index in [0.717, 1.165) is 12.1 Å². The highest BCUT2D eigenvalue weighted by Crippen LogP contribution is 2.30. The smallest absolute Gasteiger partial charge is 0.384 e. The third kappa shape index (κ3) is 4.56. The lowest BCUT2D eigenvalue weighted by Gasteiger charge is -2.32. The fourth-order valence-electron chi connectivity index (χ4n) is 2.82. The lowest BCUT2D eigenvalue weighted by Crippen LogP contribution is -2.42. The first-order chi connectivity index (χ1) is 11.3. The van der Waals surface area contributed by atoms with Gasteiger partial charge in [0.2, 0.25) is 5.91 Å². The number of hydrogen-bond acceptors (Lipinski definition) is 3. The van der Waals surface area contributed by atoms with E-state index in [1.807, 2.05) is 0 Å². The number of amides is 1. The second-order valence-electron chi connectivity index (χ2n) is 5.86. The molecule has 2 rings (SSSR count). The van der Waals surface area contributed by atoms with Crippen LogP contribution in [-0.4, -0.2) is 43.4 Å². The van der Waals surface area contributed by atoms with Crippen LogP contribution in [0.2, 0.25) is 0 Å². The van der Waals surface area contributed by atoms with Crippen LogP contribution in [0.3, 0.4) is 0 Å². The maximum Gasteiger partial charge on any atom is 0.416 e. The molecule has 0 bridgehead atoms. The molecule has 1 amide bonds. The number of benzene rings is 1. The average Bonchev–Trinajstić information content (AvgIpc) is 2.58. The highest BCUT2D eigenvalue weighted by molar-refractivity contribution is 5.98. The molecule has 1 fully saturated rings. The Morgan fingerprint density at radius 1 is 1.25 bits per heavy atom. The van der Waals surface area contributed by atoms with Crippen molar-refractivity contribution in [2.45, 2.75) is 25.4 Å². The molecule has 4 nitrogen and oxygen atoms in total. The standard InChI is InChI=1S/C17H20F3NO3/c1-24-10-8-15(22)21-9-2-3-13(11-21)16(23)12-4-6-14(7-5-12)17(18,19)20/h4-7,13H,2-3,8-11H2,1H3/t13-/m1/s1. The minimum atomic E-state index is -4.42. The number of carbonyl (C=O) groups excluding carboxylic acids is 2. The van der Waals surface area contributed by atoms with E-state index in [1.165, 1.54) is 19.2 Å². The SMILES string of the molecule is COCCC(=O)N1CCC[C@@H](C(=O)c2ccc(C(F)(F)F)cc2)C1. The number of nitrogens with zero attached hydrogens (tertiary/aromatic N) is 1. The number of carbonyl (C=O) groups is 2. The van der Waals surface area contributed by atoms with Gasteiger partial charge in [-0.3, -0.25) is 9.59 Å². The number of rotatable bonds is 5. The highest BCUT2D eigenvalue weighted by Gasteiger charge is 2.32. The lowest BCUT2D eigenvalue weighted by molar-refractivity contribution is -0.137. The summed E-state index contributed by atoms with van der Waals surface area (Å²) >= 11 is 0. The summed E-state index contributed by atoms with van der Waals surface area (Å²) in [7, 11) is 1.51. The first-order valence-electron chi connectivity index (χ1n) is 7.81. The molecule has 1 aliphatic heterocycles. The van der Waals surface area contributed by atoms with Gasteiger partial charge in [-0.15, -0.1) is 0 Å². The number of ketones is 1. The van der Waals surface area contributed by atoms with Gasteiger partial charge in [0.1, 0.15) is 0 Å². The van der Waals surface area contributed by atoms with E-state index in [-0.39, 0.29) is 29.6 Å². The number of halogens is 3. The van der Waals surface area contributed by atoms with Crippen LogP contribution in [0, 0.1) is 5.92 Å². The average molecular weight is 343 g/mol. The number of methoxy groups -OCH3 is 1. The molecule has 0 radical (unpaired) electrons. The minimum Gasteiger partial charge on any atom is -0.384 e. The maximum atomic E-state index is 12.6. The summed E-state index contributed by atoms with van der Waals surface area (Å²) in [4.78, 5) is 26.2. The first kappa shape index (κ1) is 18.4. The van der Waals surface area contributed by atoms with Gasteiger partial charge in [0, 0.05) is 31.7 Å². The van der Waals surface area contributed by atoms with Crippen LogP contribution in [0.25, 0.3) is 0 Å². The van der Waals surface area contributed by atoms with Gasteiger partial charge in [-0.05, 0) is 25.0 Å². The molecule has 0 saturated carbocycles. The van der Waals surface area contributed by atoms with Gasteiger partial charge < -0.3 is 9.64 Å². The zero-order chi connectivity index (χ0) is 17.7. The number of ether oxygens (including phenoxy) is 1. The zero-order valence-corrected chi connectivity index (χ0v) is 13.4. The molecule has 0 N–H and O–H groups in total. The molecule has 1 aromatic carbocycles.